The Kier molecular flexibility index (Phi) is 4.22. The van der Waals surface area contributed by atoms with Gasteiger partial charge in [-0.1, -0.05) is 0 Å². The van der Waals surface area contributed by atoms with E-state index >= 15 is 0 Å². The number of thioether (sulfide) groups is 1. The average Bonchev–Trinajstić information content (AvgIpc) is 2.89. The van der Waals surface area contributed by atoms with Gasteiger partial charge in [-0.3, -0.25) is 0 Å². The van der Waals surface area contributed by atoms with Crippen LogP contribution < -0.4 is 4.72 Å². The lowest BCUT2D eigenvalue weighted by Crippen LogP contribution is -2.30. The predicted octanol–water partition coefficient (Wildman–Crippen LogP) is 0.985. The first-order valence-electron chi connectivity index (χ1n) is 5.56. The van der Waals surface area contributed by atoms with Gasteiger partial charge in [0, 0.05) is 12.7 Å². The Morgan fingerprint density at radius 1 is 1.61 bits per heavy atom. The standard InChI is InChI=1S/C11H13N3O2S2/c12-6-10-11(2-1-4-13-10)18(15,16)14-7-9-3-5-17-8-9/h1-2,4,9,14H,3,5,7-8H2. The first-order chi connectivity index (χ1) is 8.63. The minimum atomic E-state index is -3.63. The zero-order chi connectivity index (χ0) is 13.0. The molecule has 0 radical (unpaired) electrons. The smallest absolute Gasteiger partial charge is 0.243 e. The summed E-state index contributed by atoms with van der Waals surface area (Å²) < 4.78 is 26.7. The molecule has 1 aliphatic rings. The van der Waals surface area contributed by atoms with Crippen molar-refractivity contribution < 1.29 is 8.42 Å². The quantitative estimate of drug-likeness (QED) is 0.890. The number of nitriles is 1. The third kappa shape index (κ3) is 3.02. The molecule has 0 spiro atoms. The minimum Gasteiger partial charge on any atom is -0.244 e. The maximum Gasteiger partial charge on any atom is 0.243 e. The molecule has 7 heteroatoms. The molecule has 0 saturated carbocycles. The Morgan fingerprint density at radius 3 is 3.11 bits per heavy atom. The molecule has 1 fully saturated rings. The van der Waals surface area contributed by atoms with Crippen molar-refractivity contribution in [2.75, 3.05) is 18.1 Å². The number of rotatable bonds is 4. The summed E-state index contributed by atoms with van der Waals surface area (Å²) in [5, 5.41) is 8.85. The Labute approximate surface area is 111 Å². The molecule has 0 aliphatic carbocycles. The molecule has 2 rings (SSSR count). The highest BCUT2D eigenvalue weighted by atomic mass is 32.2. The van der Waals surface area contributed by atoms with Crippen LogP contribution in [0.4, 0.5) is 0 Å². The van der Waals surface area contributed by atoms with E-state index in [-0.39, 0.29) is 10.6 Å². The molecule has 1 atom stereocenters. The molecule has 1 saturated heterocycles. The van der Waals surface area contributed by atoms with Gasteiger partial charge in [0.25, 0.3) is 0 Å². The number of nitrogens with one attached hydrogen (secondary N) is 1. The summed E-state index contributed by atoms with van der Waals surface area (Å²) >= 11 is 1.84. The van der Waals surface area contributed by atoms with E-state index in [0.29, 0.717) is 12.5 Å². The van der Waals surface area contributed by atoms with Gasteiger partial charge >= 0.3 is 0 Å². The first kappa shape index (κ1) is 13.3. The number of sulfonamides is 1. The van der Waals surface area contributed by atoms with Crippen molar-refractivity contribution in [3.8, 4) is 6.07 Å². The lowest BCUT2D eigenvalue weighted by molar-refractivity contribution is 0.545. The minimum absolute atomic E-state index is 0.0434. The molecular weight excluding hydrogens is 270 g/mol. The van der Waals surface area contributed by atoms with Crippen molar-refractivity contribution in [3.05, 3.63) is 24.0 Å². The molecule has 18 heavy (non-hydrogen) atoms. The van der Waals surface area contributed by atoms with Gasteiger partial charge in [-0.2, -0.15) is 17.0 Å². The number of nitrogens with zero attached hydrogens (tertiary/aromatic N) is 2. The predicted molar refractivity (Wildman–Crippen MR) is 69.6 cm³/mol. The van der Waals surface area contributed by atoms with Gasteiger partial charge in [0.05, 0.1) is 0 Å². The fourth-order valence-corrected chi connectivity index (χ4v) is 4.25. The van der Waals surface area contributed by atoms with Crippen molar-refractivity contribution >= 4 is 21.8 Å². The molecule has 1 aromatic heterocycles. The highest BCUT2D eigenvalue weighted by Crippen LogP contribution is 2.23. The summed E-state index contributed by atoms with van der Waals surface area (Å²) in [4.78, 5) is 3.72. The van der Waals surface area contributed by atoms with E-state index in [4.69, 9.17) is 5.26 Å². The highest BCUT2D eigenvalue weighted by Gasteiger charge is 2.22. The van der Waals surface area contributed by atoms with Crippen LogP contribution in [-0.2, 0) is 10.0 Å². The van der Waals surface area contributed by atoms with Crippen LogP contribution in [0.25, 0.3) is 0 Å². The molecule has 1 unspecified atom stereocenters. The molecule has 0 aromatic carbocycles. The van der Waals surface area contributed by atoms with Crippen LogP contribution in [-0.4, -0.2) is 31.5 Å². The second kappa shape index (κ2) is 5.69. The van der Waals surface area contributed by atoms with Crippen molar-refractivity contribution in [3.63, 3.8) is 0 Å². The maximum atomic E-state index is 12.1. The Balaban J connectivity index is 2.12. The SMILES string of the molecule is N#Cc1ncccc1S(=O)(=O)NCC1CCSC1. The van der Waals surface area contributed by atoms with Crippen molar-refractivity contribution in [1.82, 2.24) is 9.71 Å². The van der Waals surface area contributed by atoms with E-state index in [0.717, 1.165) is 17.9 Å². The highest BCUT2D eigenvalue weighted by molar-refractivity contribution is 7.99. The monoisotopic (exact) mass is 283 g/mol. The number of pyridine rings is 1. The Hall–Kier alpha value is -1.10. The van der Waals surface area contributed by atoms with Crippen LogP contribution in [0, 0.1) is 17.2 Å². The van der Waals surface area contributed by atoms with Gasteiger partial charge < -0.3 is 0 Å². The van der Waals surface area contributed by atoms with Gasteiger partial charge in [-0.15, -0.1) is 0 Å². The first-order valence-corrected chi connectivity index (χ1v) is 8.20. The van der Waals surface area contributed by atoms with Crippen LogP contribution in [0.2, 0.25) is 0 Å². The summed E-state index contributed by atoms with van der Waals surface area (Å²) in [5.74, 6) is 2.45. The normalized spacial score (nSPS) is 19.6. The van der Waals surface area contributed by atoms with Crippen molar-refractivity contribution in [2.45, 2.75) is 11.3 Å². The molecule has 1 aliphatic heterocycles. The van der Waals surface area contributed by atoms with Gasteiger partial charge in [0.15, 0.2) is 5.69 Å². The van der Waals surface area contributed by atoms with Gasteiger partial charge in [-0.05, 0) is 36.0 Å². The van der Waals surface area contributed by atoms with Crippen LogP contribution in [0.5, 0.6) is 0 Å². The van der Waals surface area contributed by atoms with E-state index in [1.807, 2.05) is 11.8 Å². The van der Waals surface area contributed by atoms with E-state index in [1.54, 1.807) is 6.07 Å². The summed E-state index contributed by atoms with van der Waals surface area (Å²) in [6.45, 7) is 0.426. The molecule has 1 aromatic rings. The van der Waals surface area contributed by atoms with Crippen molar-refractivity contribution in [1.29, 1.82) is 5.26 Å². The fraction of sp³-hybridized carbons (Fsp3) is 0.455. The van der Waals surface area contributed by atoms with Gasteiger partial charge in [-0.25, -0.2) is 18.1 Å². The summed E-state index contributed by atoms with van der Waals surface area (Å²) in [6, 6.07) is 4.71. The molecule has 0 amide bonds. The third-order valence-electron chi connectivity index (χ3n) is 2.75. The second-order valence-corrected chi connectivity index (χ2v) is 6.93. The van der Waals surface area contributed by atoms with Gasteiger partial charge in [0.2, 0.25) is 10.0 Å². The fourth-order valence-electron chi connectivity index (χ4n) is 1.74. The molecule has 5 nitrogen and oxygen atoms in total. The number of hydrogen-bond acceptors (Lipinski definition) is 5. The zero-order valence-electron chi connectivity index (χ0n) is 9.67. The van der Waals surface area contributed by atoms with Crippen LogP contribution in [0.1, 0.15) is 12.1 Å². The number of hydrogen-bond donors (Lipinski definition) is 1. The van der Waals surface area contributed by atoms with Crippen LogP contribution in [0.3, 0.4) is 0 Å². The molecule has 2 heterocycles. The molecular formula is C11H13N3O2S2. The maximum absolute atomic E-state index is 12.1. The summed E-state index contributed by atoms with van der Waals surface area (Å²) in [7, 11) is -3.63. The molecule has 1 N–H and O–H groups in total. The van der Waals surface area contributed by atoms with E-state index in [2.05, 4.69) is 9.71 Å². The summed E-state index contributed by atoms with van der Waals surface area (Å²) in [5.41, 5.74) is -0.0641. The van der Waals surface area contributed by atoms with E-state index < -0.39 is 10.0 Å². The van der Waals surface area contributed by atoms with E-state index in [1.165, 1.54) is 18.3 Å². The third-order valence-corrected chi connectivity index (χ3v) is 5.44. The van der Waals surface area contributed by atoms with Crippen LogP contribution in [0.15, 0.2) is 23.2 Å². The van der Waals surface area contributed by atoms with E-state index in [9.17, 15) is 8.42 Å². The Morgan fingerprint density at radius 2 is 2.44 bits per heavy atom. The second-order valence-electron chi connectivity index (χ2n) is 4.04. The summed E-state index contributed by atoms with van der Waals surface area (Å²) in [6.07, 6.45) is 2.44. The lowest BCUT2D eigenvalue weighted by Gasteiger charge is -2.11. The Bertz CT molecular complexity index is 560. The van der Waals surface area contributed by atoms with Crippen LogP contribution >= 0.6 is 11.8 Å². The average molecular weight is 283 g/mol. The lowest BCUT2D eigenvalue weighted by atomic mass is 10.1. The zero-order valence-corrected chi connectivity index (χ0v) is 11.3. The van der Waals surface area contributed by atoms with Crippen molar-refractivity contribution in [2.24, 2.45) is 5.92 Å². The molecule has 96 valence electrons. The van der Waals surface area contributed by atoms with Gasteiger partial charge in [0.1, 0.15) is 11.0 Å². The largest absolute Gasteiger partial charge is 0.244 e. The molecule has 0 bridgehead atoms. The topological polar surface area (TPSA) is 82.8 Å². The number of aromatic nitrogens is 1.